The van der Waals surface area contributed by atoms with Crippen molar-refractivity contribution in [2.45, 2.75) is 31.7 Å². The standard InChI is InChI=1S/C13H15BrF2N2O/c14-9-5-11(16)12(6-10(9)15)17-7-13(19)18-8-3-1-2-4-8/h5-6,8,17H,1-4,7H2,(H,18,19). The summed E-state index contributed by atoms with van der Waals surface area (Å²) >= 11 is 2.90. The van der Waals surface area contributed by atoms with E-state index in [9.17, 15) is 13.6 Å². The van der Waals surface area contributed by atoms with Crippen LogP contribution in [0.25, 0.3) is 0 Å². The molecule has 0 aliphatic heterocycles. The van der Waals surface area contributed by atoms with Crippen molar-refractivity contribution in [3.63, 3.8) is 0 Å². The second-order valence-corrected chi connectivity index (χ2v) is 5.50. The van der Waals surface area contributed by atoms with Crippen molar-refractivity contribution in [1.29, 1.82) is 0 Å². The lowest BCUT2D eigenvalue weighted by molar-refractivity contribution is -0.120. The maximum atomic E-state index is 13.5. The van der Waals surface area contributed by atoms with Crippen LogP contribution in [0.2, 0.25) is 0 Å². The minimum absolute atomic E-state index is 0.0118. The van der Waals surface area contributed by atoms with Crippen LogP contribution in [-0.2, 0) is 4.79 Å². The zero-order valence-electron chi connectivity index (χ0n) is 10.3. The number of amides is 1. The van der Waals surface area contributed by atoms with Crippen LogP contribution < -0.4 is 10.6 Å². The third-order valence-electron chi connectivity index (χ3n) is 3.17. The number of benzene rings is 1. The summed E-state index contributed by atoms with van der Waals surface area (Å²) in [5.74, 6) is -1.36. The maximum Gasteiger partial charge on any atom is 0.239 e. The van der Waals surface area contributed by atoms with Gasteiger partial charge in [-0.25, -0.2) is 8.78 Å². The van der Waals surface area contributed by atoms with Gasteiger partial charge in [0.15, 0.2) is 0 Å². The Hall–Kier alpha value is -1.17. The number of halogens is 3. The SMILES string of the molecule is O=C(CNc1cc(F)c(Br)cc1F)NC1CCCC1. The molecule has 1 fully saturated rings. The summed E-state index contributed by atoms with van der Waals surface area (Å²) in [6.45, 7) is -0.0610. The van der Waals surface area contributed by atoms with Gasteiger partial charge in [-0.05, 0) is 34.8 Å². The fraction of sp³-hybridized carbons (Fsp3) is 0.462. The molecule has 0 radical (unpaired) electrons. The molecule has 0 bridgehead atoms. The average molecular weight is 333 g/mol. The van der Waals surface area contributed by atoms with Gasteiger partial charge in [0.25, 0.3) is 0 Å². The molecule has 1 aromatic carbocycles. The molecule has 1 aromatic rings. The second kappa shape index (κ2) is 6.32. The van der Waals surface area contributed by atoms with Gasteiger partial charge in [-0.15, -0.1) is 0 Å². The highest BCUT2D eigenvalue weighted by Gasteiger charge is 2.17. The molecular weight excluding hydrogens is 318 g/mol. The van der Waals surface area contributed by atoms with E-state index in [0.29, 0.717) is 0 Å². The Bertz CT molecular complexity index is 476. The third kappa shape index (κ3) is 3.89. The van der Waals surface area contributed by atoms with Gasteiger partial charge in [0, 0.05) is 12.1 Å². The van der Waals surface area contributed by atoms with Gasteiger partial charge in [-0.3, -0.25) is 4.79 Å². The molecule has 19 heavy (non-hydrogen) atoms. The zero-order valence-corrected chi connectivity index (χ0v) is 11.9. The van der Waals surface area contributed by atoms with Crippen molar-refractivity contribution in [2.75, 3.05) is 11.9 Å². The predicted octanol–water partition coefficient (Wildman–Crippen LogP) is 3.20. The summed E-state index contributed by atoms with van der Waals surface area (Å²) in [5.41, 5.74) is -0.0118. The quantitative estimate of drug-likeness (QED) is 0.831. The maximum absolute atomic E-state index is 13.5. The lowest BCUT2D eigenvalue weighted by Gasteiger charge is -2.13. The highest BCUT2D eigenvalue weighted by atomic mass is 79.9. The molecule has 104 valence electrons. The summed E-state index contributed by atoms with van der Waals surface area (Å²) in [7, 11) is 0. The molecule has 1 saturated carbocycles. The summed E-state index contributed by atoms with van der Waals surface area (Å²) in [4.78, 5) is 11.6. The average Bonchev–Trinajstić information content (AvgIpc) is 2.85. The van der Waals surface area contributed by atoms with E-state index in [1.807, 2.05) is 0 Å². The first-order valence-electron chi connectivity index (χ1n) is 6.24. The molecule has 0 saturated heterocycles. The molecule has 3 nitrogen and oxygen atoms in total. The zero-order chi connectivity index (χ0) is 13.8. The van der Waals surface area contributed by atoms with Crippen LogP contribution >= 0.6 is 15.9 Å². The first kappa shape index (κ1) is 14.2. The fourth-order valence-electron chi connectivity index (χ4n) is 2.18. The molecule has 0 atom stereocenters. The van der Waals surface area contributed by atoms with Crippen molar-refractivity contribution in [2.24, 2.45) is 0 Å². The monoisotopic (exact) mass is 332 g/mol. The number of carbonyl (C=O) groups is 1. The van der Waals surface area contributed by atoms with Gasteiger partial charge < -0.3 is 10.6 Å². The molecule has 0 aromatic heterocycles. The van der Waals surface area contributed by atoms with E-state index < -0.39 is 11.6 Å². The number of hydrogen-bond donors (Lipinski definition) is 2. The second-order valence-electron chi connectivity index (χ2n) is 4.65. The Morgan fingerprint density at radius 3 is 2.63 bits per heavy atom. The predicted molar refractivity (Wildman–Crippen MR) is 72.9 cm³/mol. The van der Waals surface area contributed by atoms with E-state index >= 15 is 0 Å². The minimum atomic E-state index is -0.595. The van der Waals surface area contributed by atoms with Gasteiger partial charge in [0.2, 0.25) is 5.91 Å². The summed E-state index contributed by atoms with van der Waals surface area (Å²) in [6.07, 6.45) is 4.25. The number of rotatable bonds is 4. The molecular formula is C13H15BrF2N2O. The highest BCUT2D eigenvalue weighted by molar-refractivity contribution is 9.10. The van der Waals surface area contributed by atoms with Crippen LogP contribution in [0.1, 0.15) is 25.7 Å². The normalized spacial score (nSPS) is 15.5. The third-order valence-corrected chi connectivity index (χ3v) is 3.78. The summed E-state index contributed by atoms with van der Waals surface area (Å²) in [6, 6.07) is 2.29. The topological polar surface area (TPSA) is 41.1 Å². The van der Waals surface area contributed by atoms with Crippen LogP contribution in [0.15, 0.2) is 16.6 Å². The molecule has 2 rings (SSSR count). The van der Waals surface area contributed by atoms with Crippen LogP contribution in [0.3, 0.4) is 0 Å². The molecule has 1 aliphatic rings. The number of hydrogen-bond acceptors (Lipinski definition) is 2. The van der Waals surface area contributed by atoms with Crippen molar-refractivity contribution in [3.8, 4) is 0 Å². The van der Waals surface area contributed by atoms with E-state index in [4.69, 9.17) is 0 Å². The molecule has 0 spiro atoms. The van der Waals surface area contributed by atoms with E-state index in [-0.39, 0.29) is 28.7 Å². The van der Waals surface area contributed by atoms with Crippen molar-refractivity contribution in [1.82, 2.24) is 5.32 Å². The number of carbonyl (C=O) groups excluding carboxylic acids is 1. The minimum Gasteiger partial charge on any atom is -0.374 e. The molecule has 0 heterocycles. The van der Waals surface area contributed by atoms with E-state index in [1.54, 1.807) is 0 Å². The van der Waals surface area contributed by atoms with Crippen LogP contribution in [-0.4, -0.2) is 18.5 Å². The molecule has 6 heteroatoms. The lowest BCUT2D eigenvalue weighted by atomic mass is 10.2. The van der Waals surface area contributed by atoms with Crippen LogP contribution in [0, 0.1) is 11.6 Å². The van der Waals surface area contributed by atoms with Crippen LogP contribution in [0.5, 0.6) is 0 Å². The first-order valence-corrected chi connectivity index (χ1v) is 7.03. The van der Waals surface area contributed by atoms with E-state index in [0.717, 1.165) is 37.8 Å². The van der Waals surface area contributed by atoms with Crippen molar-refractivity contribution in [3.05, 3.63) is 28.2 Å². The Morgan fingerprint density at radius 1 is 1.26 bits per heavy atom. The van der Waals surface area contributed by atoms with Gasteiger partial charge in [-0.2, -0.15) is 0 Å². The van der Waals surface area contributed by atoms with Gasteiger partial charge in [0.1, 0.15) is 11.6 Å². The van der Waals surface area contributed by atoms with E-state index in [1.165, 1.54) is 0 Å². The number of nitrogens with one attached hydrogen (secondary N) is 2. The molecule has 0 unspecified atom stereocenters. The smallest absolute Gasteiger partial charge is 0.239 e. The van der Waals surface area contributed by atoms with Crippen LogP contribution in [0.4, 0.5) is 14.5 Å². The van der Waals surface area contributed by atoms with Gasteiger partial charge >= 0.3 is 0 Å². The Kier molecular flexibility index (Phi) is 4.74. The summed E-state index contributed by atoms with van der Waals surface area (Å²) < 4.78 is 26.8. The number of anilines is 1. The lowest BCUT2D eigenvalue weighted by Crippen LogP contribution is -2.36. The van der Waals surface area contributed by atoms with Gasteiger partial charge in [0.05, 0.1) is 16.7 Å². The van der Waals surface area contributed by atoms with Crippen molar-refractivity contribution >= 4 is 27.5 Å². The Balaban J connectivity index is 1.87. The van der Waals surface area contributed by atoms with Crippen molar-refractivity contribution < 1.29 is 13.6 Å². The Morgan fingerprint density at radius 2 is 1.95 bits per heavy atom. The molecule has 2 N–H and O–H groups in total. The Labute approximate surface area is 118 Å². The van der Waals surface area contributed by atoms with E-state index in [2.05, 4.69) is 26.6 Å². The van der Waals surface area contributed by atoms with Gasteiger partial charge in [-0.1, -0.05) is 12.8 Å². The highest BCUT2D eigenvalue weighted by Crippen LogP contribution is 2.23. The largest absolute Gasteiger partial charge is 0.374 e. The fourth-order valence-corrected chi connectivity index (χ4v) is 2.50. The summed E-state index contributed by atoms with van der Waals surface area (Å²) in [5, 5.41) is 5.47. The molecule has 1 aliphatic carbocycles. The first-order chi connectivity index (χ1) is 9.06. The molecule has 1 amide bonds.